The number of aryl methyl sites for hydroxylation is 1. The normalized spacial score (nSPS) is 10.8. The minimum Gasteiger partial charge on any atom is -0.493 e. The van der Waals surface area contributed by atoms with Crippen LogP contribution < -0.4 is 10.4 Å². The van der Waals surface area contributed by atoms with Gasteiger partial charge in [-0.1, -0.05) is 32.3 Å². The molecular formula is C22H27FO5. The van der Waals surface area contributed by atoms with Gasteiger partial charge in [0, 0.05) is 22.6 Å². The molecule has 0 atom stereocenters. The van der Waals surface area contributed by atoms with Crippen LogP contribution in [-0.4, -0.2) is 19.2 Å². The van der Waals surface area contributed by atoms with E-state index in [9.17, 15) is 14.0 Å². The van der Waals surface area contributed by atoms with E-state index in [0.717, 1.165) is 38.5 Å². The highest BCUT2D eigenvalue weighted by molar-refractivity contribution is 5.86. The number of hydrogen-bond donors (Lipinski definition) is 0. The molecule has 0 unspecified atom stereocenters. The van der Waals surface area contributed by atoms with E-state index >= 15 is 0 Å². The summed E-state index contributed by atoms with van der Waals surface area (Å²) in [6, 6.07) is 5.07. The Bertz CT molecular complexity index is 884. The molecule has 2 aromatic rings. The second kappa shape index (κ2) is 10.6. The Hall–Kier alpha value is -2.63. The van der Waals surface area contributed by atoms with Crippen LogP contribution in [0.25, 0.3) is 11.0 Å². The largest absolute Gasteiger partial charge is 0.493 e. The molecule has 1 aromatic carbocycles. The summed E-state index contributed by atoms with van der Waals surface area (Å²) in [4.78, 5) is 22.7. The zero-order valence-electron chi connectivity index (χ0n) is 16.5. The molecule has 5 nitrogen and oxygen atoms in total. The van der Waals surface area contributed by atoms with Crippen molar-refractivity contribution in [3.05, 3.63) is 52.2 Å². The highest BCUT2D eigenvalue weighted by Crippen LogP contribution is 2.23. The van der Waals surface area contributed by atoms with Gasteiger partial charge in [-0.15, -0.1) is 0 Å². The molecule has 1 heterocycles. The van der Waals surface area contributed by atoms with Crippen molar-refractivity contribution in [2.75, 3.05) is 13.2 Å². The molecule has 0 aliphatic heterocycles. The molecule has 0 aliphatic rings. The van der Waals surface area contributed by atoms with Gasteiger partial charge in [-0.2, -0.15) is 4.39 Å². The van der Waals surface area contributed by atoms with Crippen LogP contribution in [0.2, 0.25) is 0 Å². The number of carbonyl (C=O) groups excluding carboxylic acids is 1. The number of esters is 1. The van der Waals surface area contributed by atoms with Crippen molar-refractivity contribution in [3.8, 4) is 5.75 Å². The smallest absolute Gasteiger partial charge is 0.372 e. The lowest BCUT2D eigenvalue weighted by atomic mass is 10.1. The molecule has 0 radical (unpaired) electrons. The van der Waals surface area contributed by atoms with E-state index in [2.05, 4.69) is 6.58 Å². The van der Waals surface area contributed by atoms with Crippen LogP contribution >= 0.6 is 0 Å². The summed E-state index contributed by atoms with van der Waals surface area (Å²) in [7, 11) is 0. The second-order valence-corrected chi connectivity index (χ2v) is 6.87. The number of rotatable bonds is 11. The van der Waals surface area contributed by atoms with Crippen molar-refractivity contribution in [2.45, 2.75) is 52.4 Å². The molecule has 2 rings (SSSR count). The Kier molecular flexibility index (Phi) is 8.23. The van der Waals surface area contributed by atoms with Crippen LogP contribution in [0.1, 0.15) is 51.0 Å². The van der Waals surface area contributed by atoms with E-state index in [4.69, 9.17) is 13.9 Å². The van der Waals surface area contributed by atoms with Crippen molar-refractivity contribution in [1.82, 2.24) is 0 Å². The molecule has 6 heteroatoms. The number of unbranched alkanes of at least 4 members (excludes halogenated alkanes) is 5. The van der Waals surface area contributed by atoms with Gasteiger partial charge in [-0.05, 0) is 38.8 Å². The fraction of sp³-hybridized carbons (Fsp3) is 0.455. The van der Waals surface area contributed by atoms with Crippen molar-refractivity contribution in [3.63, 3.8) is 0 Å². The monoisotopic (exact) mass is 390 g/mol. The van der Waals surface area contributed by atoms with Crippen molar-refractivity contribution in [2.24, 2.45) is 0 Å². The maximum atomic E-state index is 13.6. The van der Waals surface area contributed by atoms with Crippen LogP contribution in [0, 0.1) is 12.7 Å². The van der Waals surface area contributed by atoms with Gasteiger partial charge in [0.05, 0.1) is 13.2 Å². The van der Waals surface area contributed by atoms with Gasteiger partial charge in [0.25, 0.3) is 0 Å². The SMILES string of the molecule is C=C(C)C(=O)OCCCCCCCCOc1ccc2c(C)c(F)c(=O)oc2c1. The first-order chi connectivity index (χ1) is 13.4. The van der Waals surface area contributed by atoms with Crippen LogP contribution in [0.3, 0.4) is 0 Å². The fourth-order valence-corrected chi connectivity index (χ4v) is 2.79. The van der Waals surface area contributed by atoms with Gasteiger partial charge in [0.2, 0.25) is 5.82 Å². The summed E-state index contributed by atoms with van der Waals surface area (Å²) in [5.74, 6) is -0.582. The molecule has 0 N–H and O–H groups in total. The molecule has 0 spiro atoms. The molecule has 152 valence electrons. The summed E-state index contributed by atoms with van der Waals surface area (Å²) in [6.07, 6.45) is 5.99. The average Bonchev–Trinajstić information content (AvgIpc) is 2.67. The Labute approximate surface area is 164 Å². The van der Waals surface area contributed by atoms with Gasteiger partial charge in [0.15, 0.2) is 0 Å². The van der Waals surface area contributed by atoms with Gasteiger partial charge >= 0.3 is 11.6 Å². The molecule has 28 heavy (non-hydrogen) atoms. The zero-order valence-corrected chi connectivity index (χ0v) is 16.5. The standard InChI is InChI=1S/C22H27FO5/c1-15(2)21(24)27-13-9-7-5-4-6-8-12-26-17-10-11-18-16(3)20(23)22(25)28-19(18)14-17/h10-11,14H,1,4-9,12-13H2,2-3H3. The van der Waals surface area contributed by atoms with Crippen LogP contribution in [0.5, 0.6) is 5.75 Å². The molecule has 0 aliphatic carbocycles. The zero-order chi connectivity index (χ0) is 20.5. The Morgan fingerprint density at radius 2 is 1.75 bits per heavy atom. The molecule has 0 amide bonds. The summed E-state index contributed by atoms with van der Waals surface area (Å²) < 4.78 is 29.3. The molecule has 1 aromatic heterocycles. The van der Waals surface area contributed by atoms with E-state index < -0.39 is 11.4 Å². The quantitative estimate of drug-likeness (QED) is 0.232. The number of fused-ring (bicyclic) bond motifs is 1. The fourth-order valence-electron chi connectivity index (χ4n) is 2.79. The van der Waals surface area contributed by atoms with Crippen LogP contribution in [0.15, 0.2) is 39.6 Å². The third-order valence-corrected chi connectivity index (χ3v) is 4.46. The molecule has 0 saturated heterocycles. The summed E-state index contributed by atoms with van der Waals surface area (Å²) in [5.41, 5.74) is 0.0772. The predicted molar refractivity (Wildman–Crippen MR) is 106 cm³/mol. The molecule has 0 saturated carbocycles. The summed E-state index contributed by atoms with van der Waals surface area (Å²) in [6.45, 7) is 7.73. The number of benzene rings is 1. The van der Waals surface area contributed by atoms with Gasteiger partial charge in [-0.3, -0.25) is 0 Å². The van der Waals surface area contributed by atoms with E-state index in [1.54, 1.807) is 32.0 Å². The molecule has 0 fully saturated rings. The minimum atomic E-state index is -0.962. The first kappa shape index (κ1) is 21.7. The van der Waals surface area contributed by atoms with Crippen LogP contribution in [0.4, 0.5) is 4.39 Å². The number of ether oxygens (including phenoxy) is 2. The van der Waals surface area contributed by atoms with Gasteiger partial charge < -0.3 is 13.9 Å². The van der Waals surface area contributed by atoms with Gasteiger partial charge in [0.1, 0.15) is 11.3 Å². The Balaban J connectivity index is 1.62. The lowest BCUT2D eigenvalue weighted by Crippen LogP contribution is -2.07. The number of hydrogen-bond acceptors (Lipinski definition) is 5. The van der Waals surface area contributed by atoms with Crippen LogP contribution in [-0.2, 0) is 9.53 Å². The molecular weight excluding hydrogens is 363 g/mol. The Morgan fingerprint density at radius 1 is 1.11 bits per heavy atom. The van der Waals surface area contributed by atoms with E-state index in [-0.39, 0.29) is 11.5 Å². The van der Waals surface area contributed by atoms with Crippen molar-refractivity contribution >= 4 is 16.9 Å². The Morgan fingerprint density at radius 3 is 2.43 bits per heavy atom. The highest BCUT2D eigenvalue weighted by Gasteiger charge is 2.11. The van der Waals surface area contributed by atoms with Crippen molar-refractivity contribution in [1.29, 1.82) is 0 Å². The number of carbonyl (C=O) groups is 1. The third kappa shape index (κ3) is 6.22. The minimum absolute atomic E-state index is 0.284. The summed E-state index contributed by atoms with van der Waals surface area (Å²) in [5, 5.41) is 0.568. The van der Waals surface area contributed by atoms with Gasteiger partial charge in [-0.25, -0.2) is 9.59 Å². The maximum absolute atomic E-state index is 13.6. The van der Waals surface area contributed by atoms with E-state index in [1.165, 1.54) is 0 Å². The lowest BCUT2D eigenvalue weighted by Gasteiger charge is -2.08. The third-order valence-electron chi connectivity index (χ3n) is 4.46. The number of halogens is 1. The van der Waals surface area contributed by atoms with Crippen molar-refractivity contribution < 1.29 is 23.1 Å². The first-order valence-corrected chi connectivity index (χ1v) is 9.58. The first-order valence-electron chi connectivity index (χ1n) is 9.58. The second-order valence-electron chi connectivity index (χ2n) is 6.87. The topological polar surface area (TPSA) is 65.7 Å². The highest BCUT2D eigenvalue weighted by atomic mass is 19.1. The predicted octanol–water partition coefficient (Wildman–Crippen LogP) is 5.08. The summed E-state index contributed by atoms with van der Waals surface area (Å²) >= 11 is 0. The maximum Gasteiger partial charge on any atom is 0.372 e. The average molecular weight is 390 g/mol. The van der Waals surface area contributed by atoms with E-state index in [0.29, 0.717) is 35.5 Å². The lowest BCUT2D eigenvalue weighted by molar-refractivity contribution is -0.139. The van der Waals surface area contributed by atoms with E-state index in [1.807, 2.05) is 0 Å². The molecule has 0 bridgehead atoms.